The summed E-state index contributed by atoms with van der Waals surface area (Å²) in [5.41, 5.74) is 6.61. The van der Waals surface area contributed by atoms with E-state index in [1.54, 1.807) is 24.3 Å². The number of rotatable bonds is 6. The summed E-state index contributed by atoms with van der Waals surface area (Å²) in [4.78, 5) is 26.6. The molecule has 0 aliphatic carbocycles. The van der Waals surface area contributed by atoms with E-state index >= 15 is 0 Å². The van der Waals surface area contributed by atoms with Gasteiger partial charge in [-0.3, -0.25) is 9.78 Å². The molecule has 0 atom stereocenters. The zero-order valence-electron chi connectivity index (χ0n) is 17.9. The topological polar surface area (TPSA) is 119 Å². The Morgan fingerprint density at radius 3 is 2.53 bits per heavy atom. The fourth-order valence-corrected chi connectivity index (χ4v) is 4.23. The van der Waals surface area contributed by atoms with Crippen LogP contribution in [0.15, 0.2) is 72.0 Å². The highest BCUT2D eigenvalue weighted by atomic mass is 32.2. The molecule has 3 heterocycles. The van der Waals surface area contributed by atoms with Crippen molar-refractivity contribution in [2.24, 2.45) is 0 Å². The lowest BCUT2D eigenvalue weighted by atomic mass is 10.1. The highest BCUT2D eigenvalue weighted by Crippen LogP contribution is 2.28. The molecule has 0 unspecified atom stereocenters. The molecule has 0 aliphatic rings. The number of alkyl halides is 2. The average Bonchev–Trinajstić information content (AvgIpc) is 2.81. The number of pyridine rings is 3. The molecule has 11 heteroatoms. The van der Waals surface area contributed by atoms with E-state index in [-0.39, 0.29) is 22.8 Å². The number of anilines is 2. The van der Waals surface area contributed by atoms with Crippen LogP contribution in [0, 0.1) is 0 Å². The molecule has 0 saturated heterocycles. The Morgan fingerprint density at radius 1 is 1.09 bits per heavy atom. The number of amides is 1. The van der Waals surface area contributed by atoms with Gasteiger partial charge >= 0.3 is 0 Å². The van der Waals surface area contributed by atoms with Crippen LogP contribution in [0.4, 0.5) is 20.3 Å². The van der Waals surface area contributed by atoms with Gasteiger partial charge in [0.05, 0.1) is 23.3 Å². The number of hydrogen-bond donors (Lipinski definition) is 1. The van der Waals surface area contributed by atoms with Gasteiger partial charge in [-0.1, -0.05) is 12.1 Å². The Labute approximate surface area is 194 Å². The molecule has 174 valence electrons. The molecule has 0 bridgehead atoms. The van der Waals surface area contributed by atoms with Gasteiger partial charge in [0.15, 0.2) is 14.9 Å². The van der Waals surface area contributed by atoms with Crippen molar-refractivity contribution in [1.29, 1.82) is 0 Å². The Kier molecular flexibility index (Phi) is 6.20. The summed E-state index contributed by atoms with van der Waals surface area (Å²) in [7, 11) is -3.79. The number of nitrogen functional groups attached to an aromatic ring is 1. The Morgan fingerprint density at radius 2 is 1.85 bits per heavy atom. The second-order valence-electron chi connectivity index (χ2n) is 7.53. The van der Waals surface area contributed by atoms with Gasteiger partial charge in [-0.15, -0.1) is 0 Å². The second kappa shape index (κ2) is 9.10. The summed E-state index contributed by atoms with van der Waals surface area (Å²) in [6.07, 6.45) is 0.552. The van der Waals surface area contributed by atoms with Gasteiger partial charge in [-0.2, -0.15) is 0 Å². The smallest absolute Gasteiger partial charge is 0.280 e. The summed E-state index contributed by atoms with van der Waals surface area (Å²) in [6, 6.07) is 14.0. The van der Waals surface area contributed by atoms with Gasteiger partial charge in [-0.05, 0) is 48.0 Å². The first-order valence-corrected chi connectivity index (χ1v) is 11.9. The molecule has 0 radical (unpaired) electrons. The fourth-order valence-electron chi connectivity index (χ4n) is 3.42. The summed E-state index contributed by atoms with van der Waals surface area (Å²) in [5, 5.41) is 0.546. The highest BCUT2D eigenvalue weighted by molar-refractivity contribution is 7.90. The maximum atomic E-state index is 13.5. The first-order valence-electron chi connectivity index (χ1n) is 9.99. The Bertz CT molecular complexity index is 1480. The summed E-state index contributed by atoms with van der Waals surface area (Å²) in [5.74, 6) is -0.304. The Balaban J connectivity index is 1.81. The molecular formula is C23H19F2N5O3S. The lowest BCUT2D eigenvalue weighted by molar-refractivity contribution is 0.0983. The third kappa shape index (κ3) is 4.84. The van der Waals surface area contributed by atoms with Gasteiger partial charge in [0.2, 0.25) is 0 Å². The molecule has 3 aromatic heterocycles. The standard InChI is InChI=1S/C23H19F2N5O3S/c1-34(32,33)22-19(3-2-10-27-22)30(23(31)16-6-8-17(21(24)25)28-12-16)13-14-4-5-15-7-9-20(26)29-18(15)11-14/h2-12,21H,13H2,1H3,(H2,26,29). The molecular weight excluding hydrogens is 464 g/mol. The van der Waals surface area contributed by atoms with Crippen LogP contribution in [-0.2, 0) is 16.4 Å². The maximum Gasteiger partial charge on any atom is 0.280 e. The van der Waals surface area contributed by atoms with E-state index in [1.165, 1.54) is 29.3 Å². The molecule has 0 saturated carbocycles. The summed E-state index contributed by atoms with van der Waals surface area (Å²) < 4.78 is 50.6. The van der Waals surface area contributed by atoms with Crippen molar-refractivity contribution in [1.82, 2.24) is 15.0 Å². The van der Waals surface area contributed by atoms with Crippen LogP contribution >= 0.6 is 0 Å². The van der Waals surface area contributed by atoms with Crippen molar-refractivity contribution in [2.45, 2.75) is 18.0 Å². The van der Waals surface area contributed by atoms with Crippen molar-refractivity contribution in [3.8, 4) is 0 Å². The molecule has 8 nitrogen and oxygen atoms in total. The predicted molar refractivity (Wildman–Crippen MR) is 123 cm³/mol. The van der Waals surface area contributed by atoms with Crippen LogP contribution in [-0.4, -0.2) is 35.5 Å². The van der Waals surface area contributed by atoms with Crippen LogP contribution in [0.1, 0.15) is 28.0 Å². The number of carbonyl (C=O) groups excluding carboxylic acids is 1. The zero-order chi connectivity index (χ0) is 24.5. The lowest BCUT2D eigenvalue weighted by Crippen LogP contribution is -2.32. The molecule has 34 heavy (non-hydrogen) atoms. The molecule has 1 amide bonds. The summed E-state index contributed by atoms with van der Waals surface area (Å²) in [6.45, 7) is -0.0456. The van der Waals surface area contributed by atoms with Gasteiger partial charge in [0, 0.05) is 24.0 Å². The molecule has 2 N–H and O–H groups in total. The largest absolute Gasteiger partial charge is 0.384 e. The van der Waals surface area contributed by atoms with E-state index in [1.807, 2.05) is 6.07 Å². The number of hydrogen-bond acceptors (Lipinski definition) is 7. The molecule has 4 rings (SSSR count). The highest BCUT2D eigenvalue weighted by Gasteiger charge is 2.26. The van der Waals surface area contributed by atoms with Crippen LogP contribution < -0.4 is 10.6 Å². The van der Waals surface area contributed by atoms with Crippen LogP contribution in [0.3, 0.4) is 0 Å². The number of sulfone groups is 1. The van der Waals surface area contributed by atoms with Crippen molar-refractivity contribution in [2.75, 3.05) is 16.9 Å². The first kappa shape index (κ1) is 23.2. The Hall–Kier alpha value is -3.99. The number of fused-ring (bicyclic) bond motifs is 1. The molecule has 0 fully saturated rings. The van der Waals surface area contributed by atoms with Gasteiger partial charge in [-0.25, -0.2) is 27.2 Å². The second-order valence-corrected chi connectivity index (χ2v) is 9.46. The van der Waals surface area contributed by atoms with Crippen LogP contribution in [0.2, 0.25) is 0 Å². The maximum absolute atomic E-state index is 13.5. The minimum Gasteiger partial charge on any atom is -0.384 e. The van der Waals surface area contributed by atoms with Gasteiger partial charge in [0.1, 0.15) is 11.5 Å². The average molecular weight is 484 g/mol. The van der Waals surface area contributed by atoms with E-state index in [2.05, 4.69) is 15.0 Å². The van der Waals surface area contributed by atoms with E-state index in [0.29, 0.717) is 16.9 Å². The summed E-state index contributed by atoms with van der Waals surface area (Å²) >= 11 is 0. The number of benzene rings is 1. The quantitative estimate of drug-likeness (QED) is 0.443. The van der Waals surface area contributed by atoms with Crippen molar-refractivity contribution < 1.29 is 22.0 Å². The number of halogens is 2. The number of nitrogens with two attached hydrogens (primary N) is 1. The number of carbonyl (C=O) groups is 1. The third-order valence-corrected chi connectivity index (χ3v) is 6.03. The normalized spacial score (nSPS) is 11.6. The number of aromatic nitrogens is 3. The third-order valence-electron chi connectivity index (χ3n) is 5.01. The fraction of sp³-hybridized carbons (Fsp3) is 0.130. The van der Waals surface area contributed by atoms with Gasteiger partial charge < -0.3 is 10.6 Å². The predicted octanol–water partition coefficient (Wildman–Crippen LogP) is 3.80. The van der Waals surface area contributed by atoms with E-state index in [0.717, 1.165) is 23.9 Å². The van der Waals surface area contributed by atoms with Gasteiger partial charge in [0.25, 0.3) is 12.3 Å². The molecule has 0 aliphatic heterocycles. The minimum absolute atomic E-state index is 0.0101. The SMILES string of the molecule is CS(=O)(=O)c1ncccc1N(Cc1ccc2ccc(N)nc2c1)C(=O)c1ccc(C(F)F)nc1. The van der Waals surface area contributed by atoms with E-state index in [9.17, 15) is 22.0 Å². The first-order chi connectivity index (χ1) is 16.1. The minimum atomic E-state index is -3.79. The number of nitrogens with zero attached hydrogens (tertiary/aromatic N) is 4. The van der Waals surface area contributed by atoms with E-state index in [4.69, 9.17) is 5.73 Å². The van der Waals surface area contributed by atoms with E-state index < -0.39 is 27.9 Å². The van der Waals surface area contributed by atoms with Crippen molar-refractivity contribution >= 4 is 38.2 Å². The molecule has 0 spiro atoms. The molecule has 4 aromatic rings. The monoisotopic (exact) mass is 483 g/mol. The van der Waals surface area contributed by atoms with Crippen molar-refractivity contribution in [3.05, 3.63) is 83.8 Å². The van der Waals surface area contributed by atoms with Crippen LogP contribution in [0.5, 0.6) is 0 Å². The van der Waals surface area contributed by atoms with Crippen LogP contribution in [0.25, 0.3) is 10.9 Å². The zero-order valence-corrected chi connectivity index (χ0v) is 18.7. The van der Waals surface area contributed by atoms with Crippen molar-refractivity contribution in [3.63, 3.8) is 0 Å². The lowest BCUT2D eigenvalue weighted by Gasteiger charge is -2.24. The molecule has 1 aromatic carbocycles.